The zero-order chi connectivity index (χ0) is 12.7. The smallest absolute Gasteiger partial charge is 0.404 e. The molecule has 0 aromatic heterocycles. The molecule has 2 unspecified atom stereocenters. The van der Waals surface area contributed by atoms with E-state index in [0.29, 0.717) is 12.1 Å². The molecule has 16 heavy (non-hydrogen) atoms. The molecule has 96 valence electrons. The van der Waals surface area contributed by atoms with Crippen LogP contribution in [0.25, 0.3) is 0 Å². The van der Waals surface area contributed by atoms with Crippen molar-refractivity contribution in [3.63, 3.8) is 0 Å². The predicted octanol–water partition coefficient (Wildman–Crippen LogP) is 3.65. The number of halogens is 1. The van der Waals surface area contributed by atoms with Gasteiger partial charge in [-0.05, 0) is 47.1 Å². The minimum absolute atomic E-state index is 0.0988. The Kier molecular flexibility index (Phi) is 7.77. The Morgan fingerprint density at radius 2 is 1.81 bits per heavy atom. The molecule has 4 heteroatoms. The van der Waals surface area contributed by atoms with Crippen molar-refractivity contribution in [2.24, 2.45) is 0 Å². The SMILES string of the molecule is CCN(C(C)C)C(C)CCC(C)OC(=O)Cl. The van der Waals surface area contributed by atoms with Crippen LogP contribution in [0.1, 0.15) is 47.5 Å². The van der Waals surface area contributed by atoms with E-state index in [4.69, 9.17) is 16.3 Å². The molecule has 0 aliphatic rings. The van der Waals surface area contributed by atoms with Crippen LogP contribution < -0.4 is 0 Å². The fourth-order valence-corrected chi connectivity index (χ4v) is 2.20. The third-order valence-electron chi connectivity index (χ3n) is 2.88. The summed E-state index contributed by atoms with van der Waals surface area (Å²) in [5.41, 5.74) is -0.712. The van der Waals surface area contributed by atoms with Crippen LogP contribution in [0.2, 0.25) is 0 Å². The molecule has 0 aliphatic heterocycles. The molecule has 0 saturated carbocycles. The topological polar surface area (TPSA) is 29.5 Å². The maximum Gasteiger partial charge on any atom is 0.404 e. The second-order valence-electron chi connectivity index (χ2n) is 4.52. The lowest BCUT2D eigenvalue weighted by Gasteiger charge is -2.32. The highest BCUT2D eigenvalue weighted by Gasteiger charge is 2.16. The summed E-state index contributed by atoms with van der Waals surface area (Å²) in [5, 5.41) is 0. The number of hydrogen-bond acceptors (Lipinski definition) is 3. The molecule has 0 aromatic carbocycles. The Balaban J connectivity index is 3.95. The molecule has 0 aliphatic carbocycles. The van der Waals surface area contributed by atoms with Gasteiger partial charge >= 0.3 is 5.43 Å². The summed E-state index contributed by atoms with van der Waals surface area (Å²) in [5.74, 6) is 0. The molecule has 0 fully saturated rings. The van der Waals surface area contributed by atoms with Crippen molar-refractivity contribution in [1.82, 2.24) is 4.90 Å². The molecule has 0 saturated heterocycles. The Morgan fingerprint density at radius 1 is 1.25 bits per heavy atom. The van der Waals surface area contributed by atoms with Gasteiger partial charge in [0, 0.05) is 23.7 Å². The molecule has 3 nitrogen and oxygen atoms in total. The highest BCUT2D eigenvalue weighted by molar-refractivity contribution is 6.61. The van der Waals surface area contributed by atoms with Crippen LogP contribution in [-0.4, -0.2) is 35.1 Å². The number of nitrogens with zero attached hydrogens (tertiary/aromatic N) is 1. The van der Waals surface area contributed by atoms with E-state index in [-0.39, 0.29) is 6.10 Å². The van der Waals surface area contributed by atoms with Crippen LogP contribution >= 0.6 is 11.6 Å². The van der Waals surface area contributed by atoms with Crippen LogP contribution in [0.3, 0.4) is 0 Å². The summed E-state index contributed by atoms with van der Waals surface area (Å²) < 4.78 is 4.88. The first kappa shape index (κ1) is 15.7. The number of ether oxygens (including phenoxy) is 1. The van der Waals surface area contributed by atoms with Crippen molar-refractivity contribution in [3.05, 3.63) is 0 Å². The van der Waals surface area contributed by atoms with Gasteiger partial charge in [-0.2, -0.15) is 0 Å². The van der Waals surface area contributed by atoms with Crippen molar-refractivity contribution in [1.29, 1.82) is 0 Å². The number of rotatable bonds is 7. The Hall–Kier alpha value is -0.280. The molecule has 0 rings (SSSR count). The molecule has 0 amide bonds. The fraction of sp³-hybridized carbons (Fsp3) is 0.917. The maximum absolute atomic E-state index is 10.5. The lowest BCUT2D eigenvalue weighted by atomic mass is 10.1. The summed E-state index contributed by atoms with van der Waals surface area (Å²) in [6.45, 7) is 11.7. The fourth-order valence-electron chi connectivity index (χ4n) is 2.04. The number of hydrogen-bond donors (Lipinski definition) is 0. The minimum Gasteiger partial charge on any atom is -0.451 e. The first-order chi connectivity index (χ1) is 7.38. The van der Waals surface area contributed by atoms with Crippen LogP contribution in [0.5, 0.6) is 0 Å². The third-order valence-corrected chi connectivity index (χ3v) is 2.97. The molecular weight excluding hydrogens is 226 g/mol. The molecule has 0 N–H and O–H groups in total. The first-order valence-corrected chi connectivity index (χ1v) is 6.38. The molecule has 0 bridgehead atoms. The average molecular weight is 250 g/mol. The van der Waals surface area contributed by atoms with Gasteiger partial charge in [0.25, 0.3) is 0 Å². The lowest BCUT2D eigenvalue weighted by Crippen LogP contribution is -2.38. The predicted molar refractivity (Wildman–Crippen MR) is 68.0 cm³/mol. The zero-order valence-corrected chi connectivity index (χ0v) is 11.8. The Bertz CT molecular complexity index is 209. The summed E-state index contributed by atoms with van der Waals surface area (Å²) in [6.07, 6.45) is 1.76. The van der Waals surface area contributed by atoms with Crippen LogP contribution in [-0.2, 0) is 4.74 Å². The van der Waals surface area contributed by atoms with Crippen LogP contribution in [0.15, 0.2) is 0 Å². The molecule has 0 aromatic rings. The average Bonchev–Trinajstić information content (AvgIpc) is 2.14. The van der Waals surface area contributed by atoms with E-state index >= 15 is 0 Å². The van der Waals surface area contributed by atoms with Crippen molar-refractivity contribution >= 4 is 17.0 Å². The van der Waals surface area contributed by atoms with Gasteiger partial charge in [0.15, 0.2) is 0 Å². The van der Waals surface area contributed by atoms with E-state index in [2.05, 4.69) is 32.6 Å². The maximum atomic E-state index is 10.5. The number of carbonyl (C=O) groups excluding carboxylic acids is 1. The van der Waals surface area contributed by atoms with E-state index in [1.165, 1.54) is 0 Å². The highest BCUT2D eigenvalue weighted by atomic mass is 35.5. The van der Waals surface area contributed by atoms with Gasteiger partial charge in [0.2, 0.25) is 0 Å². The van der Waals surface area contributed by atoms with Gasteiger partial charge < -0.3 is 4.74 Å². The zero-order valence-electron chi connectivity index (χ0n) is 11.0. The van der Waals surface area contributed by atoms with E-state index in [1.54, 1.807) is 0 Å². The summed E-state index contributed by atoms with van der Waals surface area (Å²) in [7, 11) is 0. The minimum atomic E-state index is -0.712. The van der Waals surface area contributed by atoms with Gasteiger partial charge in [-0.3, -0.25) is 4.90 Å². The quantitative estimate of drug-likeness (QED) is 0.645. The summed E-state index contributed by atoms with van der Waals surface area (Å²) in [4.78, 5) is 13.0. The van der Waals surface area contributed by atoms with Crippen molar-refractivity contribution in [3.8, 4) is 0 Å². The monoisotopic (exact) mass is 249 g/mol. The van der Waals surface area contributed by atoms with E-state index in [1.807, 2.05) is 6.92 Å². The van der Waals surface area contributed by atoms with Gasteiger partial charge in [-0.15, -0.1) is 0 Å². The van der Waals surface area contributed by atoms with Crippen LogP contribution in [0.4, 0.5) is 4.79 Å². The second-order valence-corrected chi connectivity index (χ2v) is 4.83. The Morgan fingerprint density at radius 3 is 2.19 bits per heavy atom. The standard InChI is InChI=1S/C12H24ClNO2/c1-6-14(9(2)3)10(4)7-8-11(5)16-12(13)15/h9-11H,6-8H2,1-5H3. The number of carbonyl (C=O) groups is 1. The van der Waals surface area contributed by atoms with E-state index in [9.17, 15) is 4.79 Å². The van der Waals surface area contributed by atoms with Crippen molar-refractivity contribution in [2.75, 3.05) is 6.54 Å². The summed E-state index contributed by atoms with van der Waals surface area (Å²) >= 11 is 5.16. The third kappa shape index (κ3) is 6.33. The first-order valence-electron chi connectivity index (χ1n) is 6.00. The van der Waals surface area contributed by atoms with E-state index in [0.717, 1.165) is 19.4 Å². The Labute approximate surface area is 104 Å². The molecular formula is C12H24ClNO2. The van der Waals surface area contributed by atoms with Gasteiger partial charge in [0.1, 0.15) is 6.10 Å². The highest BCUT2D eigenvalue weighted by Crippen LogP contribution is 2.13. The normalized spacial score (nSPS) is 15.2. The van der Waals surface area contributed by atoms with Crippen molar-refractivity contribution in [2.45, 2.75) is 65.6 Å². The largest absolute Gasteiger partial charge is 0.451 e. The molecule has 0 heterocycles. The van der Waals surface area contributed by atoms with Gasteiger partial charge in [0.05, 0.1) is 0 Å². The van der Waals surface area contributed by atoms with Crippen LogP contribution in [0, 0.1) is 0 Å². The lowest BCUT2D eigenvalue weighted by molar-refractivity contribution is 0.108. The summed E-state index contributed by atoms with van der Waals surface area (Å²) in [6, 6.07) is 1.05. The van der Waals surface area contributed by atoms with E-state index < -0.39 is 5.43 Å². The van der Waals surface area contributed by atoms with Crippen molar-refractivity contribution < 1.29 is 9.53 Å². The second kappa shape index (κ2) is 7.91. The molecule has 0 spiro atoms. The molecule has 2 atom stereocenters. The van der Waals surface area contributed by atoms with Gasteiger partial charge in [-0.25, -0.2) is 4.79 Å². The molecule has 0 radical (unpaired) electrons. The van der Waals surface area contributed by atoms with Gasteiger partial charge in [-0.1, -0.05) is 6.92 Å².